The molecular weight excluding hydrogens is 224 g/mol. The third kappa shape index (κ3) is 2.60. The molecule has 2 atom stereocenters. The number of nitrogen functional groups attached to an aromatic ring is 1. The second-order valence-corrected chi connectivity index (χ2v) is 4.77. The van der Waals surface area contributed by atoms with Crippen LogP contribution >= 0.6 is 11.6 Å². The first-order valence-electron chi connectivity index (χ1n) is 5.66. The SMILES string of the molecule is Nc1ccc(Cl)cc1NC1CCCCC1O. The van der Waals surface area contributed by atoms with Crippen LogP contribution in [-0.2, 0) is 0 Å². The molecule has 88 valence electrons. The number of hydrogen-bond donors (Lipinski definition) is 3. The first kappa shape index (κ1) is 11.6. The molecule has 1 saturated carbocycles. The van der Waals surface area contributed by atoms with Crippen molar-refractivity contribution in [3.63, 3.8) is 0 Å². The van der Waals surface area contributed by atoms with Gasteiger partial charge in [0.05, 0.1) is 23.5 Å². The zero-order valence-corrected chi connectivity index (χ0v) is 9.87. The van der Waals surface area contributed by atoms with E-state index in [2.05, 4.69) is 5.32 Å². The summed E-state index contributed by atoms with van der Waals surface area (Å²) in [4.78, 5) is 0. The smallest absolute Gasteiger partial charge is 0.0741 e. The number of nitrogens with one attached hydrogen (secondary N) is 1. The lowest BCUT2D eigenvalue weighted by atomic mass is 9.92. The molecule has 1 fully saturated rings. The fourth-order valence-electron chi connectivity index (χ4n) is 2.13. The van der Waals surface area contributed by atoms with E-state index in [1.54, 1.807) is 18.2 Å². The molecule has 2 rings (SSSR count). The summed E-state index contributed by atoms with van der Waals surface area (Å²) in [7, 11) is 0. The molecule has 0 radical (unpaired) electrons. The molecule has 0 heterocycles. The van der Waals surface area contributed by atoms with Crippen molar-refractivity contribution >= 4 is 23.0 Å². The molecule has 0 aromatic heterocycles. The maximum atomic E-state index is 9.85. The predicted octanol–water partition coefficient (Wildman–Crippen LogP) is 2.64. The van der Waals surface area contributed by atoms with Crippen LogP contribution in [0.15, 0.2) is 18.2 Å². The van der Waals surface area contributed by atoms with Crippen molar-refractivity contribution < 1.29 is 5.11 Å². The van der Waals surface area contributed by atoms with E-state index in [-0.39, 0.29) is 12.1 Å². The minimum Gasteiger partial charge on any atom is -0.397 e. The third-order valence-corrected chi connectivity index (χ3v) is 3.32. The van der Waals surface area contributed by atoms with E-state index in [1.807, 2.05) is 0 Å². The summed E-state index contributed by atoms with van der Waals surface area (Å²) in [5.41, 5.74) is 7.34. The van der Waals surface area contributed by atoms with Crippen molar-refractivity contribution in [2.45, 2.75) is 37.8 Å². The summed E-state index contributed by atoms with van der Waals surface area (Å²) in [6.45, 7) is 0. The number of aliphatic hydroxyl groups excluding tert-OH is 1. The summed E-state index contributed by atoms with van der Waals surface area (Å²) in [5.74, 6) is 0. The number of rotatable bonds is 2. The van der Waals surface area contributed by atoms with Crippen LogP contribution in [0.3, 0.4) is 0 Å². The standard InChI is InChI=1S/C12H17ClN2O/c13-8-5-6-9(14)11(7-8)15-10-3-1-2-4-12(10)16/h5-7,10,12,15-16H,1-4,14H2. The van der Waals surface area contributed by atoms with Gasteiger partial charge < -0.3 is 16.2 Å². The van der Waals surface area contributed by atoms with E-state index in [4.69, 9.17) is 17.3 Å². The molecule has 0 spiro atoms. The Morgan fingerprint density at radius 2 is 2.06 bits per heavy atom. The van der Waals surface area contributed by atoms with Gasteiger partial charge in [-0.25, -0.2) is 0 Å². The van der Waals surface area contributed by atoms with Crippen LogP contribution < -0.4 is 11.1 Å². The van der Waals surface area contributed by atoms with Crippen LogP contribution in [0.5, 0.6) is 0 Å². The fourth-order valence-corrected chi connectivity index (χ4v) is 2.31. The van der Waals surface area contributed by atoms with Crippen molar-refractivity contribution in [1.82, 2.24) is 0 Å². The van der Waals surface area contributed by atoms with Gasteiger partial charge in [-0.2, -0.15) is 0 Å². The number of hydrogen-bond acceptors (Lipinski definition) is 3. The van der Waals surface area contributed by atoms with Gasteiger partial charge in [0.1, 0.15) is 0 Å². The maximum absolute atomic E-state index is 9.85. The Morgan fingerprint density at radius 3 is 2.81 bits per heavy atom. The molecule has 1 aliphatic rings. The highest BCUT2D eigenvalue weighted by Crippen LogP contribution is 2.27. The van der Waals surface area contributed by atoms with Gasteiger partial charge in [-0.1, -0.05) is 24.4 Å². The highest BCUT2D eigenvalue weighted by Gasteiger charge is 2.23. The van der Waals surface area contributed by atoms with Crippen molar-refractivity contribution in [3.05, 3.63) is 23.2 Å². The predicted molar refractivity (Wildman–Crippen MR) is 67.7 cm³/mol. The average molecular weight is 241 g/mol. The quantitative estimate of drug-likeness (QED) is 0.697. The third-order valence-electron chi connectivity index (χ3n) is 3.09. The molecule has 2 unspecified atom stereocenters. The summed E-state index contributed by atoms with van der Waals surface area (Å²) >= 11 is 5.91. The van der Waals surface area contributed by atoms with Gasteiger partial charge in [0.15, 0.2) is 0 Å². The van der Waals surface area contributed by atoms with Crippen molar-refractivity contribution in [2.75, 3.05) is 11.1 Å². The molecule has 4 N–H and O–H groups in total. The lowest BCUT2D eigenvalue weighted by Gasteiger charge is -2.29. The average Bonchev–Trinajstić information content (AvgIpc) is 2.27. The number of nitrogens with two attached hydrogens (primary N) is 1. The largest absolute Gasteiger partial charge is 0.397 e. The summed E-state index contributed by atoms with van der Waals surface area (Å²) in [6.07, 6.45) is 3.80. The molecular formula is C12H17ClN2O. The number of benzene rings is 1. The molecule has 0 amide bonds. The van der Waals surface area contributed by atoms with Crippen LogP contribution in [0.1, 0.15) is 25.7 Å². The van der Waals surface area contributed by atoms with Crippen LogP contribution in [0.25, 0.3) is 0 Å². The minimum absolute atomic E-state index is 0.0921. The first-order valence-corrected chi connectivity index (χ1v) is 6.04. The number of halogens is 1. The van der Waals surface area contributed by atoms with Gasteiger partial charge in [0.2, 0.25) is 0 Å². The van der Waals surface area contributed by atoms with Gasteiger partial charge in [-0.15, -0.1) is 0 Å². The summed E-state index contributed by atoms with van der Waals surface area (Å²) in [6, 6.07) is 5.44. The van der Waals surface area contributed by atoms with Crippen molar-refractivity contribution in [1.29, 1.82) is 0 Å². The van der Waals surface area contributed by atoms with E-state index in [9.17, 15) is 5.11 Å². The minimum atomic E-state index is -0.285. The van der Waals surface area contributed by atoms with Gasteiger partial charge >= 0.3 is 0 Å². The van der Waals surface area contributed by atoms with Crippen LogP contribution in [0.4, 0.5) is 11.4 Å². The fraction of sp³-hybridized carbons (Fsp3) is 0.500. The van der Waals surface area contributed by atoms with Crippen molar-refractivity contribution in [3.8, 4) is 0 Å². The Bertz CT molecular complexity index is 370. The molecule has 1 aromatic rings. The second kappa shape index (κ2) is 4.93. The summed E-state index contributed by atoms with van der Waals surface area (Å²) in [5, 5.41) is 13.8. The van der Waals surface area contributed by atoms with E-state index < -0.39 is 0 Å². The molecule has 1 aliphatic carbocycles. The molecule has 4 heteroatoms. The van der Waals surface area contributed by atoms with E-state index in [1.165, 1.54) is 0 Å². The topological polar surface area (TPSA) is 58.3 Å². The van der Waals surface area contributed by atoms with Crippen molar-refractivity contribution in [2.24, 2.45) is 0 Å². The Labute approximate surface area is 101 Å². The van der Waals surface area contributed by atoms with Gasteiger partial charge in [0.25, 0.3) is 0 Å². The number of anilines is 2. The van der Waals surface area contributed by atoms with E-state index in [0.29, 0.717) is 10.7 Å². The molecule has 1 aromatic carbocycles. The van der Waals surface area contributed by atoms with E-state index in [0.717, 1.165) is 31.4 Å². The molecule has 16 heavy (non-hydrogen) atoms. The van der Waals surface area contributed by atoms with E-state index >= 15 is 0 Å². The lowest BCUT2D eigenvalue weighted by Crippen LogP contribution is -2.36. The maximum Gasteiger partial charge on any atom is 0.0741 e. The Kier molecular flexibility index (Phi) is 3.56. The molecule has 0 saturated heterocycles. The first-order chi connectivity index (χ1) is 7.66. The lowest BCUT2D eigenvalue weighted by molar-refractivity contribution is 0.116. The van der Waals surface area contributed by atoms with Gasteiger partial charge in [-0.3, -0.25) is 0 Å². The Balaban J connectivity index is 2.10. The normalized spacial score (nSPS) is 25.4. The van der Waals surface area contributed by atoms with Gasteiger partial charge in [-0.05, 0) is 31.0 Å². The monoisotopic (exact) mass is 240 g/mol. The van der Waals surface area contributed by atoms with Crippen LogP contribution in [0, 0.1) is 0 Å². The molecule has 3 nitrogen and oxygen atoms in total. The molecule has 0 bridgehead atoms. The second-order valence-electron chi connectivity index (χ2n) is 4.33. The molecule has 0 aliphatic heterocycles. The highest BCUT2D eigenvalue weighted by molar-refractivity contribution is 6.31. The van der Waals surface area contributed by atoms with Crippen LogP contribution in [-0.4, -0.2) is 17.3 Å². The summed E-state index contributed by atoms with van der Waals surface area (Å²) < 4.78 is 0. The van der Waals surface area contributed by atoms with Crippen LogP contribution in [0.2, 0.25) is 5.02 Å². The zero-order valence-electron chi connectivity index (χ0n) is 9.12. The highest BCUT2D eigenvalue weighted by atomic mass is 35.5. The number of aliphatic hydroxyl groups is 1. The Hall–Kier alpha value is -0.930. The zero-order chi connectivity index (χ0) is 11.5. The van der Waals surface area contributed by atoms with Gasteiger partial charge in [0, 0.05) is 5.02 Å². The Morgan fingerprint density at radius 1 is 1.31 bits per heavy atom.